The Hall–Kier alpha value is -1.61. The summed E-state index contributed by atoms with van der Waals surface area (Å²) in [5.74, 6) is -2.73. The fraction of sp³-hybridized carbons (Fsp3) is 0.750. The third-order valence-electron chi connectivity index (χ3n) is 4.22. The first-order valence-corrected chi connectivity index (χ1v) is 8.97. The van der Waals surface area contributed by atoms with Crippen molar-refractivity contribution in [2.75, 3.05) is 6.54 Å². The highest BCUT2D eigenvalue weighted by molar-refractivity contribution is 7.81. The number of nitrogens with zero attached hydrogens (tertiary/aromatic N) is 2. The highest BCUT2D eigenvalue weighted by atomic mass is 32.1. The molecule has 1 heterocycles. The van der Waals surface area contributed by atoms with Crippen LogP contribution in [0.15, 0.2) is 0 Å². The molecule has 0 bridgehead atoms. The van der Waals surface area contributed by atoms with Gasteiger partial charge < -0.3 is 10.2 Å². The highest BCUT2D eigenvalue weighted by Gasteiger charge is 2.29. The van der Waals surface area contributed by atoms with Crippen molar-refractivity contribution in [3.05, 3.63) is 0 Å². The molecule has 0 aromatic heterocycles. The lowest BCUT2D eigenvalue weighted by molar-refractivity contribution is -0.201. The van der Waals surface area contributed by atoms with E-state index in [2.05, 4.69) is 36.7 Å². The largest absolute Gasteiger partial charge is 0.365 e. The number of nitrogens with one attached hydrogen (secondary N) is 1. The quantitative estimate of drug-likeness (QED) is 0.422. The molecule has 3 amide bonds. The van der Waals surface area contributed by atoms with Gasteiger partial charge >= 0.3 is 5.97 Å². The Bertz CT molecular complexity index is 518. The Kier molecular flexibility index (Phi) is 8.37. The average Bonchev–Trinajstić information content (AvgIpc) is 2.54. The van der Waals surface area contributed by atoms with Gasteiger partial charge in [-0.2, -0.15) is 0 Å². The van der Waals surface area contributed by atoms with Crippen LogP contribution in [0, 0.1) is 0 Å². The summed E-state index contributed by atoms with van der Waals surface area (Å²) in [6, 6.07) is 0.574. The fourth-order valence-corrected chi connectivity index (χ4v) is 2.97. The Morgan fingerprint density at radius 3 is 2.28 bits per heavy atom. The summed E-state index contributed by atoms with van der Waals surface area (Å²) in [6.07, 6.45) is 3.18. The van der Waals surface area contributed by atoms with Crippen molar-refractivity contribution in [3.8, 4) is 0 Å². The molecule has 1 saturated heterocycles. The third-order valence-corrected chi connectivity index (χ3v) is 4.56. The van der Waals surface area contributed by atoms with Crippen LogP contribution in [0.2, 0.25) is 0 Å². The zero-order chi connectivity index (χ0) is 19.1. The van der Waals surface area contributed by atoms with Crippen LogP contribution in [0.25, 0.3) is 0 Å². The Labute approximate surface area is 153 Å². The second kappa shape index (κ2) is 9.76. The van der Waals surface area contributed by atoms with Gasteiger partial charge in [0.2, 0.25) is 5.91 Å². The number of imide groups is 1. The second-order valence-corrected chi connectivity index (χ2v) is 6.76. The van der Waals surface area contributed by atoms with Gasteiger partial charge in [-0.3, -0.25) is 19.3 Å². The minimum Gasteiger partial charge on any atom is -0.334 e. The summed E-state index contributed by atoms with van der Waals surface area (Å²) in [4.78, 5) is 53.9. The lowest BCUT2D eigenvalue weighted by Crippen LogP contribution is -2.51. The van der Waals surface area contributed by atoms with Gasteiger partial charge in [0, 0.05) is 25.4 Å². The Morgan fingerprint density at radius 1 is 1.24 bits per heavy atom. The van der Waals surface area contributed by atoms with Crippen molar-refractivity contribution in [1.82, 2.24) is 15.3 Å². The molecule has 0 spiro atoms. The molecule has 1 fully saturated rings. The van der Waals surface area contributed by atoms with Crippen LogP contribution in [0.3, 0.4) is 0 Å². The van der Waals surface area contributed by atoms with Crippen LogP contribution in [0.5, 0.6) is 0 Å². The summed E-state index contributed by atoms with van der Waals surface area (Å²) >= 11 is 3.99. The minimum atomic E-state index is -1.27. The van der Waals surface area contributed by atoms with Crippen molar-refractivity contribution >= 4 is 36.3 Å². The highest BCUT2D eigenvalue weighted by Crippen LogP contribution is 2.21. The summed E-state index contributed by atoms with van der Waals surface area (Å²) in [7, 11) is 0. The Morgan fingerprint density at radius 2 is 1.80 bits per heavy atom. The first kappa shape index (κ1) is 21.4. The van der Waals surface area contributed by atoms with E-state index in [0.717, 1.165) is 26.2 Å². The van der Waals surface area contributed by atoms with Gasteiger partial charge in [-0.1, -0.05) is 13.3 Å². The van der Waals surface area contributed by atoms with Crippen LogP contribution in [0.1, 0.15) is 53.4 Å². The molecule has 0 aliphatic carbocycles. The Balaban J connectivity index is 2.57. The monoisotopic (exact) mass is 373 g/mol. The van der Waals surface area contributed by atoms with Gasteiger partial charge in [-0.05, 0) is 26.7 Å². The van der Waals surface area contributed by atoms with Gasteiger partial charge in [0.05, 0.1) is 6.54 Å². The number of likely N-dealkylation sites (tertiary alicyclic amines) is 1. The molecule has 25 heavy (non-hydrogen) atoms. The molecule has 142 valence electrons. The van der Waals surface area contributed by atoms with Crippen LogP contribution < -0.4 is 5.32 Å². The first-order valence-electron chi connectivity index (χ1n) is 8.45. The van der Waals surface area contributed by atoms with Gasteiger partial charge in [0.1, 0.15) is 0 Å². The van der Waals surface area contributed by atoms with Crippen molar-refractivity contribution in [2.45, 2.75) is 70.8 Å². The van der Waals surface area contributed by atoms with Crippen LogP contribution in [0.4, 0.5) is 0 Å². The normalized spacial score (nSPS) is 22.0. The van der Waals surface area contributed by atoms with Crippen molar-refractivity contribution in [1.29, 1.82) is 0 Å². The van der Waals surface area contributed by atoms with E-state index in [1.165, 1.54) is 6.92 Å². The molecule has 9 heteroatoms. The number of piperidine rings is 1. The topological polar surface area (TPSA) is 96.0 Å². The molecule has 0 aromatic carbocycles. The van der Waals surface area contributed by atoms with E-state index in [4.69, 9.17) is 4.84 Å². The van der Waals surface area contributed by atoms with E-state index in [0.29, 0.717) is 5.06 Å². The number of amides is 3. The molecule has 1 aliphatic heterocycles. The van der Waals surface area contributed by atoms with Gasteiger partial charge in [-0.25, -0.2) is 4.79 Å². The molecule has 8 nitrogen and oxygen atoms in total. The summed E-state index contributed by atoms with van der Waals surface area (Å²) < 4.78 is 0. The van der Waals surface area contributed by atoms with Gasteiger partial charge in [0.25, 0.3) is 11.8 Å². The number of rotatable bonds is 5. The molecule has 0 aromatic rings. The molecular formula is C16H27N3O5S. The average molecular weight is 373 g/mol. The van der Waals surface area contributed by atoms with E-state index in [1.54, 1.807) is 0 Å². The molecule has 0 radical (unpaired) electrons. The summed E-state index contributed by atoms with van der Waals surface area (Å²) in [5, 5.41) is 1.54. The van der Waals surface area contributed by atoms with Crippen LogP contribution in [-0.2, 0) is 24.0 Å². The molecular weight excluding hydrogens is 346 g/mol. The number of thiol groups is 1. The van der Waals surface area contributed by atoms with Crippen molar-refractivity contribution < 1.29 is 24.0 Å². The van der Waals surface area contributed by atoms with Gasteiger partial charge in [-0.15, -0.1) is 17.7 Å². The molecule has 3 unspecified atom stereocenters. The number of carbonyl (C=O) groups excluding carboxylic acids is 4. The third kappa shape index (κ3) is 6.32. The number of carbonyl (C=O) groups is 4. The zero-order valence-corrected chi connectivity index (χ0v) is 16.0. The molecule has 3 atom stereocenters. The van der Waals surface area contributed by atoms with Crippen LogP contribution >= 0.6 is 12.6 Å². The molecule has 1 N–H and O–H groups in total. The fourth-order valence-electron chi connectivity index (χ4n) is 2.78. The van der Waals surface area contributed by atoms with E-state index < -0.39 is 23.2 Å². The smallest absolute Gasteiger partial charge is 0.334 e. The summed E-state index contributed by atoms with van der Waals surface area (Å²) in [6.45, 7) is 6.92. The number of hydrogen-bond acceptors (Lipinski definition) is 7. The van der Waals surface area contributed by atoms with E-state index >= 15 is 0 Å². The zero-order valence-electron chi connectivity index (χ0n) is 15.2. The lowest BCUT2D eigenvalue weighted by atomic mass is 9.97. The van der Waals surface area contributed by atoms with E-state index in [1.807, 2.05) is 0 Å². The lowest BCUT2D eigenvalue weighted by Gasteiger charge is -2.38. The predicted molar refractivity (Wildman–Crippen MR) is 94.3 cm³/mol. The first-order chi connectivity index (χ1) is 11.7. The number of hydroxylamine groups is 2. The molecule has 1 aliphatic rings. The molecule has 1 rings (SSSR count). The maximum Gasteiger partial charge on any atom is 0.365 e. The van der Waals surface area contributed by atoms with Crippen molar-refractivity contribution in [3.63, 3.8) is 0 Å². The van der Waals surface area contributed by atoms with E-state index in [-0.39, 0.29) is 31.0 Å². The van der Waals surface area contributed by atoms with E-state index in [9.17, 15) is 19.2 Å². The molecule has 0 saturated carbocycles. The van der Waals surface area contributed by atoms with Crippen LogP contribution in [-0.4, -0.2) is 57.7 Å². The minimum absolute atomic E-state index is 0.00118. The maximum absolute atomic E-state index is 12.2. The van der Waals surface area contributed by atoms with Gasteiger partial charge in [0.15, 0.2) is 5.37 Å². The second-order valence-electron chi connectivity index (χ2n) is 6.24. The number of hydrogen-bond donors (Lipinski definition) is 2. The van der Waals surface area contributed by atoms with Crippen molar-refractivity contribution in [2.24, 2.45) is 0 Å². The SMILES string of the molecule is CCC(=O)N(OC(=O)C(S)NC(=O)CN1C(C)CCCC1C)C(C)=O. The standard InChI is InChI=1S/C16H27N3O5S/c1-5-14(22)19(12(4)20)24-16(23)15(25)17-13(21)9-18-10(2)7-6-8-11(18)3/h10-11,15,25H,5-9H2,1-4H3,(H,17,21). The predicted octanol–water partition coefficient (Wildman–Crippen LogP) is 0.865. The summed E-state index contributed by atoms with van der Waals surface area (Å²) in [5.41, 5.74) is 0. The maximum atomic E-state index is 12.2.